The van der Waals surface area contributed by atoms with E-state index in [9.17, 15) is 9.90 Å². The number of aromatic hydroxyl groups is 1. The van der Waals surface area contributed by atoms with Crippen molar-refractivity contribution in [1.29, 1.82) is 0 Å². The van der Waals surface area contributed by atoms with Crippen LogP contribution in [0.5, 0.6) is 5.75 Å². The first kappa shape index (κ1) is 14.2. The number of phenols is 1. The Hall–Kier alpha value is -0.820. The summed E-state index contributed by atoms with van der Waals surface area (Å²) < 4.78 is 10.8. The fourth-order valence-corrected chi connectivity index (χ4v) is 1.97. The molecule has 1 N–H and O–H groups in total. The standard InChI is InChI=1S/C12H15IO4/c1-3-17-12(15)11(16-2)7-8-4-5-10(14)9(13)6-8/h4-6,11,14H,3,7H2,1-2H3/t11-/m0/s1. The lowest BCUT2D eigenvalue weighted by atomic mass is 10.1. The van der Waals surface area contributed by atoms with E-state index >= 15 is 0 Å². The van der Waals surface area contributed by atoms with Gasteiger partial charge >= 0.3 is 5.97 Å². The minimum absolute atomic E-state index is 0.236. The highest BCUT2D eigenvalue weighted by molar-refractivity contribution is 14.1. The molecule has 0 saturated heterocycles. The molecule has 1 aromatic rings. The smallest absolute Gasteiger partial charge is 0.335 e. The molecule has 1 aromatic carbocycles. The van der Waals surface area contributed by atoms with E-state index in [-0.39, 0.29) is 11.7 Å². The number of benzene rings is 1. The molecular formula is C12H15IO4. The van der Waals surface area contributed by atoms with Crippen LogP contribution in [0.1, 0.15) is 12.5 Å². The molecule has 17 heavy (non-hydrogen) atoms. The minimum atomic E-state index is -0.602. The predicted molar refractivity (Wildman–Crippen MR) is 72.0 cm³/mol. The van der Waals surface area contributed by atoms with Crippen LogP contribution in [0.3, 0.4) is 0 Å². The summed E-state index contributed by atoms with van der Waals surface area (Å²) in [7, 11) is 1.48. The van der Waals surface area contributed by atoms with Crippen LogP contribution >= 0.6 is 22.6 Å². The summed E-state index contributed by atoms with van der Waals surface area (Å²) in [6.45, 7) is 2.10. The van der Waals surface area contributed by atoms with Crippen LogP contribution < -0.4 is 0 Å². The van der Waals surface area contributed by atoms with Crippen molar-refractivity contribution in [3.8, 4) is 5.75 Å². The molecule has 0 unspecified atom stereocenters. The molecule has 0 saturated carbocycles. The van der Waals surface area contributed by atoms with E-state index in [4.69, 9.17) is 9.47 Å². The summed E-state index contributed by atoms with van der Waals surface area (Å²) in [5.41, 5.74) is 0.923. The van der Waals surface area contributed by atoms with Gasteiger partial charge < -0.3 is 14.6 Å². The second-order valence-electron chi connectivity index (χ2n) is 3.47. The first-order valence-electron chi connectivity index (χ1n) is 5.25. The van der Waals surface area contributed by atoms with Crippen LogP contribution in [0.2, 0.25) is 0 Å². The van der Waals surface area contributed by atoms with Crippen molar-refractivity contribution in [2.24, 2.45) is 0 Å². The normalized spacial score (nSPS) is 12.2. The molecule has 0 fully saturated rings. The van der Waals surface area contributed by atoms with E-state index in [2.05, 4.69) is 0 Å². The van der Waals surface area contributed by atoms with E-state index in [0.717, 1.165) is 9.13 Å². The molecule has 0 heterocycles. The summed E-state index contributed by atoms with van der Waals surface area (Å²) >= 11 is 2.04. The molecular weight excluding hydrogens is 335 g/mol. The van der Waals surface area contributed by atoms with E-state index in [1.165, 1.54) is 7.11 Å². The molecule has 5 heteroatoms. The zero-order valence-corrected chi connectivity index (χ0v) is 11.9. The second kappa shape index (κ2) is 6.80. The topological polar surface area (TPSA) is 55.8 Å². The highest BCUT2D eigenvalue weighted by Gasteiger charge is 2.19. The number of carbonyl (C=O) groups excluding carboxylic acids is 1. The van der Waals surface area contributed by atoms with Crippen molar-refractivity contribution in [1.82, 2.24) is 0 Å². The third kappa shape index (κ3) is 4.16. The summed E-state index contributed by atoms with van der Waals surface area (Å²) in [6.07, 6.45) is -0.165. The summed E-state index contributed by atoms with van der Waals surface area (Å²) in [4.78, 5) is 11.5. The van der Waals surface area contributed by atoms with E-state index in [1.807, 2.05) is 28.7 Å². The number of hydrogen-bond donors (Lipinski definition) is 1. The maximum atomic E-state index is 11.5. The van der Waals surface area contributed by atoms with Crippen LogP contribution in [0.25, 0.3) is 0 Å². The van der Waals surface area contributed by atoms with Gasteiger partial charge in [0.1, 0.15) is 5.75 Å². The van der Waals surface area contributed by atoms with Crippen molar-refractivity contribution in [2.75, 3.05) is 13.7 Å². The molecule has 0 bridgehead atoms. The lowest BCUT2D eigenvalue weighted by Crippen LogP contribution is -2.27. The maximum absolute atomic E-state index is 11.5. The number of phenolic OH excluding ortho intramolecular Hbond substituents is 1. The first-order valence-corrected chi connectivity index (χ1v) is 6.33. The van der Waals surface area contributed by atoms with Crippen LogP contribution in [-0.4, -0.2) is 30.9 Å². The zero-order valence-electron chi connectivity index (χ0n) is 9.77. The molecule has 0 amide bonds. The molecule has 0 aliphatic heterocycles. The molecule has 94 valence electrons. The molecule has 4 nitrogen and oxygen atoms in total. The largest absolute Gasteiger partial charge is 0.507 e. The fourth-order valence-electron chi connectivity index (χ4n) is 1.39. The van der Waals surface area contributed by atoms with Crippen LogP contribution in [0.4, 0.5) is 0 Å². The average Bonchev–Trinajstić information content (AvgIpc) is 2.30. The van der Waals surface area contributed by atoms with E-state index in [1.54, 1.807) is 19.1 Å². The molecule has 0 aromatic heterocycles. The molecule has 1 atom stereocenters. The van der Waals surface area contributed by atoms with Gasteiger partial charge in [0.25, 0.3) is 0 Å². The average molecular weight is 350 g/mol. The highest BCUT2D eigenvalue weighted by atomic mass is 127. The third-order valence-corrected chi connectivity index (χ3v) is 3.13. The van der Waals surface area contributed by atoms with Gasteiger partial charge in [-0.15, -0.1) is 0 Å². The van der Waals surface area contributed by atoms with Gasteiger partial charge in [-0.05, 0) is 47.2 Å². The first-order chi connectivity index (χ1) is 8.08. The Labute approximate surface area is 114 Å². The second-order valence-corrected chi connectivity index (χ2v) is 4.63. The summed E-state index contributed by atoms with van der Waals surface area (Å²) in [6, 6.07) is 5.19. The number of carbonyl (C=O) groups is 1. The Kier molecular flexibility index (Phi) is 5.70. The number of methoxy groups -OCH3 is 1. The highest BCUT2D eigenvalue weighted by Crippen LogP contribution is 2.21. The van der Waals surface area contributed by atoms with Crippen LogP contribution in [0.15, 0.2) is 18.2 Å². The minimum Gasteiger partial charge on any atom is -0.507 e. The van der Waals surface area contributed by atoms with Gasteiger partial charge in [-0.1, -0.05) is 6.07 Å². The monoisotopic (exact) mass is 350 g/mol. The van der Waals surface area contributed by atoms with Gasteiger partial charge in [0, 0.05) is 13.5 Å². The van der Waals surface area contributed by atoms with Crippen molar-refractivity contribution in [3.63, 3.8) is 0 Å². The number of rotatable bonds is 5. The molecule has 0 radical (unpaired) electrons. The van der Waals surface area contributed by atoms with Gasteiger partial charge in [0.05, 0.1) is 10.2 Å². The van der Waals surface area contributed by atoms with Gasteiger partial charge in [0.2, 0.25) is 0 Å². The van der Waals surface area contributed by atoms with Crippen LogP contribution in [0, 0.1) is 3.57 Å². The number of esters is 1. The van der Waals surface area contributed by atoms with Gasteiger partial charge in [-0.2, -0.15) is 0 Å². The van der Waals surface area contributed by atoms with E-state index < -0.39 is 6.10 Å². The van der Waals surface area contributed by atoms with Crippen molar-refractivity contribution in [2.45, 2.75) is 19.4 Å². The van der Waals surface area contributed by atoms with Crippen molar-refractivity contribution >= 4 is 28.6 Å². The lowest BCUT2D eigenvalue weighted by molar-refractivity contribution is -0.154. The Morgan fingerprint density at radius 2 is 2.24 bits per heavy atom. The van der Waals surface area contributed by atoms with Crippen molar-refractivity contribution in [3.05, 3.63) is 27.3 Å². The SMILES string of the molecule is CCOC(=O)[C@H](Cc1ccc(O)c(I)c1)OC. The summed E-state index contributed by atoms with van der Waals surface area (Å²) in [5.74, 6) is -0.127. The Balaban J connectivity index is 2.73. The maximum Gasteiger partial charge on any atom is 0.335 e. The quantitative estimate of drug-likeness (QED) is 0.653. The van der Waals surface area contributed by atoms with Crippen molar-refractivity contribution < 1.29 is 19.4 Å². The Morgan fingerprint density at radius 1 is 1.53 bits per heavy atom. The molecule has 0 aliphatic rings. The Bertz CT molecular complexity index is 392. The zero-order chi connectivity index (χ0) is 12.8. The van der Waals surface area contributed by atoms with Gasteiger partial charge in [-0.3, -0.25) is 0 Å². The third-order valence-electron chi connectivity index (χ3n) is 2.27. The lowest BCUT2D eigenvalue weighted by Gasteiger charge is -2.14. The van der Waals surface area contributed by atoms with Gasteiger partial charge in [-0.25, -0.2) is 4.79 Å². The van der Waals surface area contributed by atoms with Crippen LogP contribution in [-0.2, 0) is 20.7 Å². The number of hydrogen-bond acceptors (Lipinski definition) is 4. The predicted octanol–water partition coefficient (Wildman–Crippen LogP) is 2.12. The molecule has 1 rings (SSSR count). The number of halogens is 1. The number of ether oxygens (including phenoxy) is 2. The molecule has 0 spiro atoms. The Morgan fingerprint density at radius 3 is 2.76 bits per heavy atom. The molecule has 0 aliphatic carbocycles. The van der Waals surface area contributed by atoms with E-state index in [0.29, 0.717) is 13.0 Å². The fraction of sp³-hybridized carbons (Fsp3) is 0.417. The summed E-state index contributed by atoms with van der Waals surface area (Å²) in [5, 5.41) is 9.40. The van der Waals surface area contributed by atoms with Gasteiger partial charge in [0.15, 0.2) is 6.10 Å².